The van der Waals surface area contributed by atoms with Gasteiger partial charge in [0, 0.05) is 12.1 Å². The number of hydrogen-bond acceptors (Lipinski definition) is 6. The highest BCUT2D eigenvalue weighted by Gasteiger charge is 2.38. The molecule has 1 unspecified atom stereocenters. The minimum Gasteiger partial charge on any atom is -0.535 e. The van der Waals surface area contributed by atoms with Crippen LogP contribution < -0.4 is 4.65 Å². The van der Waals surface area contributed by atoms with Gasteiger partial charge in [-0.15, -0.1) is 16.9 Å². The van der Waals surface area contributed by atoms with Gasteiger partial charge in [0.25, 0.3) is 0 Å². The average molecular weight is 304 g/mol. The van der Waals surface area contributed by atoms with Gasteiger partial charge in [-0.2, -0.15) is 5.10 Å². The van der Waals surface area contributed by atoms with E-state index in [2.05, 4.69) is 10.2 Å². The van der Waals surface area contributed by atoms with E-state index >= 15 is 0 Å². The number of carboxylic acid groups (broad SMARTS) is 1. The molecule has 1 aromatic carbocycles. The molecule has 108 valence electrons. The van der Waals surface area contributed by atoms with Crippen molar-refractivity contribution in [2.24, 2.45) is 16.1 Å². The van der Waals surface area contributed by atoms with Gasteiger partial charge in [-0.05, 0) is 18.1 Å². The molecule has 0 aliphatic carbocycles. The van der Waals surface area contributed by atoms with E-state index in [1.165, 1.54) is 17.8 Å². The van der Waals surface area contributed by atoms with E-state index in [-0.39, 0.29) is 22.4 Å². The summed E-state index contributed by atoms with van der Waals surface area (Å²) in [6.45, 7) is 1.98. The molecule has 2 heterocycles. The number of aromatic carboxylic acids is 1. The largest absolute Gasteiger partial charge is 0.537 e. The number of benzene rings is 1. The molecule has 0 spiro atoms. The van der Waals surface area contributed by atoms with Crippen LogP contribution in [0.4, 0.5) is 0 Å². The van der Waals surface area contributed by atoms with Gasteiger partial charge in [-0.3, -0.25) is 0 Å². The smallest absolute Gasteiger partial charge is 0.535 e. The predicted octanol–water partition coefficient (Wildman–Crippen LogP) is 1.48. The molecule has 2 atom stereocenters. The van der Waals surface area contributed by atoms with Crippen molar-refractivity contribution in [2.75, 3.05) is 0 Å². The predicted molar refractivity (Wildman–Crippen MR) is 82.2 cm³/mol. The summed E-state index contributed by atoms with van der Waals surface area (Å²) in [5.74, 6) is -0.673. The van der Waals surface area contributed by atoms with E-state index in [1.54, 1.807) is 12.3 Å². The molecule has 0 aromatic heterocycles. The van der Waals surface area contributed by atoms with Gasteiger partial charge < -0.3 is 14.8 Å². The number of carboxylic acids is 1. The second kappa shape index (κ2) is 5.53. The van der Waals surface area contributed by atoms with Crippen molar-refractivity contribution >= 4 is 36.1 Å². The van der Waals surface area contributed by atoms with Crippen LogP contribution in [-0.4, -0.2) is 39.6 Å². The lowest BCUT2D eigenvalue weighted by Crippen LogP contribution is -2.41. The number of para-hydroxylation sites is 1. The van der Waals surface area contributed by atoms with Crippen molar-refractivity contribution in [1.29, 1.82) is 0 Å². The summed E-state index contributed by atoms with van der Waals surface area (Å²) < 4.78 is 5.44. The molecule has 0 radical (unpaired) electrons. The molecule has 0 saturated heterocycles. The van der Waals surface area contributed by atoms with E-state index < -0.39 is 13.1 Å². The monoisotopic (exact) mass is 304 g/mol. The fourth-order valence-electron chi connectivity index (χ4n) is 2.30. The first-order valence-corrected chi connectivity index (χ1v) is 7.42. The van der Waals surface area contributed by atoms with Crippen molar-refractivity contribution in [2.45, 2.75) is 18.5 Å². The molecule has 6 nitrogen and oxygen atoms in total. The molecule has 0 fully saturated rings. The Hall–Kier alpha value is -1.80. The number of nitrogens with zero attached hydrogens (tertiary/aromatic N) is 2. The highest BCUT2D eigenvalue weighted by Crippen LogP contribution is 2.35. The van der Waals surface area contributed by atoms with Crippen LogP contribution in [0.15, 0.2) is 28.4 Å². The summed E-state index contributed by atoms with van der Waals surface area (Å²) in [6.07, 6.45) is 2.27. The Morgan fingerprint density at radius 1 is 1.52 bits per heavy atom. The van der Waals surface area contributed by atoms with Gasteiger partial charge in [-0.1, -0.05) is 19.1 Å². The summed E-state index contributed by atoms with van der Waals surface area (Å²) in [5, 5.41) is 27.8. The molecule has 2 N–H and O–H groups in total. The fraction of sp³-hybridized carbons (Fsp3) is 0.308. The van der Waals surface area contributed by atoms with Gasteiger partial charge in [-0.25, -0.2) is 4.79 Å². The summed E-state index contributed by atoms with van der Waals surface area (Å²) in [4.78, 5) is 11.2. The SMILES string of the molecule is CC1C=NN=C1S[C@H]1Cc2cccc(C(=O)O)c2OB1O. The maximum Gasteiger partial charge on any atom is 0.537 e. The number of carbonyl (C=O) groups is 1. The maximum atomic E-state index is 11.2. The minimum atomic E-state index is -1.07. The Kier molecular flexibility index (Phi) is 3.73. The van der Waals surface area contributed by atoms with Gasteiger partial charge >= 0.3 is 13.1 Å². The molecule has 0 saturated carbocycles. The maximum absolute atomic E-state index is 11.2. The molecule has 2 aliphatic rings. The van der Waals surface area contributed by atoms with E-state index in [4.69, 9.17) is 9.76 Å². The summed E-state index contributed by atoms with van der Waals surface area (Å²) in [7, 11) is -1.07. The van der Waals surface area contributed by atoms with Crippen LogP contribution in [0.1, 0.15) is 22.8 Å². The first kappa shape index (κ1) is 14.2. The van der Waals surface area contributed by atoms with Crippen molar-refractivity contribution < 1.29 is 19.6 Å². The van der Waals surface area contributed by atoms with Gasteiger partial charge in [0.2, 0.25) is 0 Å². The fourth-order valence-corrected chi connectivity index (χ4v) is 3.41. The lowest BCUT2D eigenvalue weighted by molar-refractivity contribution is 0.0694. The summed E-state index contributed by atoms with van der Waals surface area (Å²) in [5.41, 5.74) is 0.856. The quantitative estimate of drug-likeness (QED) is 0.807. The third-order valence-electron chi connectivity index (χ3n) is 3.41. The zero-order valence-electron chi connectivity index (χ0n) is 11.3. The van der Waals surface area contributed by atoms with Crippen LogP contribution in [0.2, 0.25) is 0 Å². The van der Waals surface area contributed by atoms with Gasteiger partial charge in [0.15, 0.2) is 0 Å². The van der Waals surface area contributed by atoms with Crippen LogP contribution in [0.3, 0.4) is 0 Å². The van der Waals surface area contributed by atoms with Crippen LogP contribution in [0.5, 0.6) is 5.75 Å². The lowest BCUT2D eigenvalue weighted by atomic mass is 9.77. The van der Waals surface area contributed by atoms with Crippen LogP contribution >= 0.6 is 11.8 Å². The molecule has 2 aliphatic heterocycles. The molecule has 21 heavy (non-hydrogen) atoms. The zero-order chi connectivity index (χ0) is 15.0. The number of fused-ring (bicyclic) bond motifs is 1. The Balaban J connectivity index is 1.83. The Labute approximate surface area is 126 Å². The van der Waals surface area contributed by atoms with Crippen LogP contribution in [-0.2, 0) is 6.42 Å². The third kappa shape index (κ3) is 2.68. The molecule has 3 rings (SSSR count). The van der Waals surface area contributed by atoms with Crippen LogP contribution in [0, 0.1) is 5.92 Å². The molecule has 8 heteroatoms. The summed E-state index contributed by atoms with van der Waals surface area (Å²) >= 11 is 1.42. The normalized spacial score (nSPS) is 23.5. The van der Waals surface area contributed by atoms with E-state index in [0.717, 1.165) is 10.6 Å². The second-order valence-corrected chi connectivity index (χ2v) is 6.22. The Morgan fingerprint density at radius 3 is 3.00 bits per heavy atom. The van der Waals surface area contributed by atoms with E-state index in [0.29, 0.717) is 6.42 Å². The molecular weight excluding hydrogens is 291 g/mol. The summed E-state index contributed by atoms with van der Waals surface area (Å²) in [6, 6.07) is 4.97. The molecule has 1 aromatic rings. The number of rotatable bonds is 2. The van der Waals surface area contributed by atoms with Crippen molar-refractivity contribution in [3.05, 3.63) is 29.3 Å². The molecular formula is C13H13BN2O4S. The van der Waals surface area contributed by atoms with Crippen molar-refractivity contribution in [1.82, 2.24) is 0 Å². The third-order valence-corrected chi connectivity index (χ3v) is 4.81. The highest BCUT2D eigenvalue weighted by atomic mass is 32.2. The first-order valence-electron chi connectivity index (χ1n) is 6.54. The molecule has 0 amide bonds. The second-order valence-electron chi connectivity index (χ2n) is 4.96. The van der Waals surface area contributed by atoms with Crippen molar-refractivity contribution in [3.8, 4) is 5.75 Å². The zero-order valence-corrected chi connectivity index (χ0v) is 12.1. The molecule has 0 bridgehead atoms. The van der Waals surface area contributed by atoms with Crippen LogP contribution in [0.25, 0.3) is 0 Å². The topological polar surface area (TPSA) is 91.5 Å². The number of thioether (sulfide) groups is 1. The Morgan fingerprint density at radius 2 is 2.33 bits per heavy atom. The highest BCUT2D eigenvalue weighted by molar-refractivity contribution is 8.15. The number of hydrogen-bond donors (Lipinski definition) is 2. The Bertz CT molecular complexity index is 649. The minimum absolute atomic E-state index is 0.0740. The van der Waals surface area contributed by atoms with Crippen molar-refractivity contribution in [3.63, 3.8) is 0 Å². The van der Waals surface area contributed by atoms with Gasteiger partial charge in [0.1, 0.15) is 10.8 Å². The van der Waals surface area contributed by atoms with Gasteiger partial charge in [0.05, 0.1) is 10.7 Å². The lowest BCUT2D eigenvalue weighted by Gasteiger charge is -2.28. The standard InChI is InChI=1S/C13H13BN2O4S/c1-7-6-15-16-12(7)21-10-5-8-3-2-4-9(13(17)18)11(8)20-14(10)19/h2-4,6-7,10,19H,5H2,1H3,(H,17,18)/t7?,10-/m0/s1. The first-order chi connectivity index (χ1) is 10.1. The van der Waals surface area contributed by atoms with E-state index in [1.807, 2.05) is 13.0 Å². The average Bonchev–Trinajstić information content (AvgIpc) is 2.84. The van der Waals surface area contributed by atoms with E-state index in [9.17, 15) is 9.82 Å².